The van der Waals surface area contributed by atoms with Crippen molar-refractivity contribution in [3.05, 3.63) is 35.9 Å². The van der Waals surface area contributed by atoms with E-state index in [4.69, 9.17) is 13.7 Å². The molecule has 1 atom stereocenters. The van der Waals surface area contributed by atoms with Gasteiger partial charge in [-0.2, -0.15) is 8.42 Å². The summed E-state index contributed by atoms with van der Waals surface area (Å²) in [5.41, 5.74) is -0.881. The Kier molecular flexibility index (Phi) is 4.88. The zero-order chi connectivity index (χ0) is 19.9. The number of nitrogens with zero attached hydrogens (tertiary/aromatic N) is 1. The number of likely N-dealkylation sites (tertiary alicyclic amines) is 1. The number of amides is 1. The van der Waals surface area contributed by atoms with Crippen LogP contribution in [-0.4, -0.2) is 50.0 Å². The summed E-state index contributed by atoms with van der Waals surface area (Å²) in [6.07, 6.45) is 3.60. The number of carbonyl (C=O) groups excluding carboxylic acids is 1. The summed E-state index contributed by atoms with van der Waals surface area (Å²) in [7, 11) is -3.70. The highest BCUT2D eigenvalue weighted by atomic mass is 32.2. The molecule has 0 radical (unpaired) electrons. The van der Waals surface area contributed by atoms with E-state index >= 15 is 0 Å². The van der Waals surface area contributed by atoms with Crippen molar-refractivity contribution in [2.75, 3.05) is 19.3 Å². The first-order chi connectivity index (χ1) is 12.5. The molecular weight excluding hydrogens is 370 g/mol. The SMILES string of the molecule is CC(C)(C)OC(=O)N1CCCC2(C=C(OS(C)(=O)=O)c3ccccc3O2)C1. The van der Waals surface area contributed by atoms with E-state index in [0.29, 0.717) is 30.7 Å². The van der Waals surface area contributed by atoms with E-state index in [-0.39, 0.29) is 12.3 Å². The van der Waals surface area contributed by atoms with Crippen LogP contribution in [0.4, 0.5) is 4.79 Å². The molecule has 1 amide bonds. The molecule has 2 aliphatic rings. The molecule has 2 heterocycles. The molecule has 0 N–H and O–H groups in total. The molecule has 3 rings (SSSR count). The minimum Gasteiger partial charge on any atom is -0.480 e. The summed E-state index contributed by atoms with van der Waals surface area (Å²) in [5.74, 6) is 0.759. The highest BCUT2D eigenvalue weighted by Gasteiger charge is 2.43. The third-order valence-electron chi connectivity index (χ3n) is 4.24. The molecule has 1 aromatic carbocycles. The molecule has 0 aromatic heterocycles. The Morgan fingerprint density at radius 2 is 1.96 bits per heavy atom. The first-order valence-corrected chi connectivity index (χ1v) is 10.7. The summed E-state index contributed by atoms with van der Waals surface area (Å²) >= 11 is 0. The highest BCUT2D eigenvalue weighted by molar-refractivity contribution is 7.86. The normalized spacial score (nSPS) is 22.5. The number of carbonyl (C=O) groups is 1. The molecule has 8 heteroatoms. The van der Waals surface area contributed by atoms with Gasteiger partial charge < -0.3 is 18.6 Å². The second-order valence-corrected chi connectivity index (χ2v) is 9.54. The first kappa shape index (κ1) is 19.5. The largest absolute Gasteiger partial charge is 0.480 e. The Hall–Kier alpha value is -2.22. The molecule has 148 valence electrons. The molecule has 0 saturated carbocycles. The summed E-state index contributed by atoms with van der Waals surface area (Å²) in [6, 6.07) is 7.10. The maximum atomic E-state index is 12.5. The maximum absolute atomic E-state index is 12.5. The molecule has 0 bridgehead atoms. The van der Waals surface area contributed by atoms with Gasteiger partial charge in [-0.1, -0.05) is 12.1 Å². The lowest BCUT2D eigenvalue weighted by molar-refractivity contribution is -0.0110. The Morgan fingerprint density at radius 3 is 2.63 bits per heavy atom. The van der Waals surface area contributed by atoms with E-state index in [9.17, 15) is 13.2 Å². The summed E-state index contributed by atoms with van der Waals surface area (Å²) in [5, 5.41) is 0. The van der Waals surface area contributed by atoms with Crippen molar-refractivity contribution in [1.29, 1.82) is 0 Å². The number of rotatable bonds is 2. The molecule has 7 nitrogen and oxygen atoms in total. The van der Waals surface area contributed by atoms with Crippen LogP contribution in [0.5, 0.6) is 5.75 Å². The number of hydrogen-bond acceptors (Lipinski definition) is 6. The van der Waals surface area contributed by atoms with Gasteiger partial charge in [-0.15, -0.1) is 0 Å². The first-order valence-electron chi connectivity index (χ1n) is 8.85. The van der Waals surface area contributed by atoms with Crippen molar-refractivity contribution in [3.63, 3.8) is 0 Å². The van der Waals surface area contributed by atoms with Crippen LogP contribution in [0.2, 0.25) is 0 Å². The lowest BCUT2D eigenvalue weighted by atomic mass is 9.89. The zero-order valence-corrected chi connectivity index (χ0v) is 16.8. The van der Waals surface area contributed by atoms with Crippen molar-refractivity contribution in [2.24, 2.45) is 0 Å². The predicted molar refractivity (Wildman–Crippen MR) is 101 cm³/mol. The van der Waals surface area contributed by atoms with Gasteiger partial charge in [0.25, 0.3) is 0 Å². The number of para-hydroxylation sites is 1. The van der Waals surface area contributed by atoms with E-state index in [1.54, 1.807) is 29.2 Å². The monoisotopic (exact) mass is 395 g/mol. The molecule has 0 aliphatic carbocycles. The minimum atomic E-state index is -3.70. The standard InChI is InChI=1S/C19H25NO6S/c1-18(2,3)25-17(21)20-11-7-10-19(13-20)12-16(26-27(4,22)23)14-8-5-6-9-15(14)24-19/h5-6,8-9,12H,7,10-11,13H2,1-4H3. The van der Waals surface area contributed by atoms with Gasteiger partial charge in [-0.3, -0.25) is 0 Å². The van der Waals surface area contributed by atoms with Crippen LogP contribution in [0.3, 0.4) is 0 Å². The van der Waals surface area contributed by atoms with Crippen LogP contribution in [-0.2, 0) is 19.0 Å². The van der Waals surface area contributed by atoms with Gasteiger partial charge in [0.1, 0.15) is 17.0 Å². The number of hydrogen-bond donors (Lipinski definition) is 0. The van der Waals surface area contributed by atoms with Gasteiger partial charge in [0, 0.05) is 12.6 Å². The van der Waals surface area contributed by atoms with Crippen molar-refractivity contribution in [1.82, 2.24) is 4.90 Å². The van der Waals surface area contributed by atoms with E-state index in [1.807, 2.05) is 26.8 Å². The second-order valence-electron chi connectivity index (χ2n) is 7.96. The molecule has 1 fully saturated rings. The minimum absolute atomic E-state index is 0.227. The molecule has 1 saturated heterocycles. The molecule has 1 aromatic rings. The molecular formula is C19H25NO6S. The average Bonchev–Trinajstić information content (AvgIpc) is 2.51. The van der Waals surface area contributed by atoms with Crippen LogP contribution in [0.15, 0.2) is 30.3 Å². The van der Waals surface area contributed by atoms with Crippen molar-refractivity contribution in [3.8, 4) is 5.75 Å². The van der Waals surface area contributed by atoms with Crippen LogP contribution in [0, 0.1) is 0 Å². The third-order valence-corrected chi connectivity index (χ3v) is 4.72. The average molecular weight is 395 g/mol. The van der Waals surface area contributed by atoms with E-state index in [1.165, 1.54) is 0 Å². The van der Waals surface area contributed by atoms with Gasteiger partial charge in [0.15, 0.2) is 5.76 Å². The number of fused-ring (bicyclic) bond motifs is 1. The number of benzene rings is 1. The highest BCUT2D eigenvalue weighted by Crippen LogP contribution is 2.41. The Labute approximate surface area is 160 Å². The van der Waals surface area contributed by atoms with Crippen LogP contribution < -0.4 is 4.74 Å². The molecule has 1 unspecified atom stereocenters. The molecule has 2 aliphatic heterocycles. The Balaban J connectivity index is 1.92. The van der Waals surface area contributed by atoms with Gasteiger partial charge in [-0.05, 0) is 45.7 Å². The van der Waals surface area contributed by atoms with Crippen LogP contribution in [0.25, 0.3) is 5.76 Å². The van der Waals surface area contributed by atoms with Gasteiger partial charge >= 0.3 is 16.2 Å². The number of ether oxygens (including phenoxy) is 2. The van der Waals surface area contributed by atoms with Crippen molar-refractivity contribution >= 4 is 22.0 Å². The van der Waals surface area contributed by atoms with Crippen LogP contribution >= 0.6 is 0 Å². The summed E-state index contributed by atoms with van der Waals surface area (Å²) in [4.78, 5) is 14.1. The fourth-order valence-electron chi connectivity index (χ4n) is 3.29. The Bertz CT molecular complexity index is 870. The third kappa shape index (κ3) is 4.74. The van der Waals surface area contributed by atoms with Gasteiger partial charge in [0.2, 0.25) is 0 Å². The Morgan fingerprint density at radius 1 is 1.26 bits per heavy atom. The predicted octanol–water partition coefficient (Wildman–Crippen LogP) is 3.17. The lowest BCUT2D eigenvalue weighted by Crippen LogP contribution is -2.54. The fourth-order valence-corrected chi connectivity index (χ4v) is 3.75. The maximum Gasteiger partial charge on any atom is 0.410 e. The van der Waals surface area contributed by atoms with Crippen molar-refractivity contribution in [2.45, 2.75) is 44.8 Å². The van der Waals surface area contributed by atoms with Crippen LogP contribution in [0.1, 0.15) is 39.2 Å². The summed E-state index contributed by atoms with van der Waals surface area (Å²) in [6.45, 7) is 6.26. The van der Waals surface area contributed by atoms with E-state index < -0.39 is 27.4 Å². The number of piperidine rings is 1. The van der Waals surface area contributed by atoms with E-state index in [0.717, 1.165) is 6.26 Å². The topological polar surface area (TPSA) is 82.1 Å². The smallest absolute Gasteiger partial charge is 0.410 e. The fraction of sp³-hybridized carbons (Fsp3) is 0.526. The quantitative estimate of drug-likeness (QED) is 0.716. The molecule has 1 spiro atoms. The molecule has 27 heavy (non-hydrogen) atoms. The van der Waals surface area contributed by atoms with Crippen molar-refractivity contribution < 1.29 is 26.9 Å². The second kappa shape index (κ2) is 6.74. The van der Waals surface area contributed by atoms with Gasteiger partial charge in [0.05, 0.1) is 18.4 Å². The van der Waals surface area contributed by atoms with E-state index in [2.05, 4.69) is 0 Å². The zero-order valence-electron chi connectivity index (χ0n) is 16.0. The summed E-state index contributed by atoms with van der Waals surface area (Å²) < 4.78 is 40.4. The van der Waals surface area contributed by atoms with Gasteiger partial charge in [-0.25, -0.2) is 4.79 Å². The lowest BCUT2D eigenvalue weighted by Gasteiger charge is -2.43.